The van der Waals surface area contributed by atoms with Crippen LogP contribution in [0.4, 0.5) is 11.4 Å². The van der Waals surface area contributed by atoms with Crippen LogP contribution in [-0.2, 0) is 9.59 Å². The molecule has 2 aliphatic heterocycles. The zero-order valence-corrected chi connectivity index (χ0v) is 17.2. The molecule has 4 rings (SSSR count). The molecular weight excluding hydrogens is 421 g/mol. The Hall–Kier alpha value is -1.79. The quantitative estimate of drug-likeness (QED) is 0.677. The fraction of sp³-hybridized carbons (Fsp3) is 0.300. The number of hydrogen-bond acceptors (Lipinski definition) is 4. The van der Waals surface area contributed by atoms with Crippen molar-refractivity contribution in [3.05, 3.63) is 57.5 Å². The Morgan fingerprint density at radius 2 is 1.43 bits per heavy atom. The van der Waals surface area contributed by atoms with E-state index < -0.39 is 6.04 Å². The van der Waals surface area contributed by atoms with Crippen molar-refractivity contribution < 1.29 is 9.59 Å². The van der Waals surface area contributed by atoms with Gasteiger partial charge in [0.05, 0.1) is 28.2 Å². The highest BCUT2D eigenvalue weighted by Gasteiger charge is 2.43. The molecule has 0 bridgehead atoms. The van der Waals surface area contributed by atoms with Crippen LogP contribution in [0.2, 0.25) is 15.1 Å². The van der Waals surface area contributed by atoms with E-state index in [0.29, 0.717) is 33.8 Å². The van der Waals surface area contributed by atoms with Crippen molar-refractivity contribution in [1.29, 1.82) is 0 Å². The van der Waals surface area contributed by atoms with Crippen molar-refractivity contribution in [2.24, 2.45) is 0 Å². The number of anilines is 2. The van der Waals surface area contributed by atoms with Gasteiger partial charge in [-0.2, -0.15) is 0 Å². The van der Waals surface area contributed by atoms with E-state index in [0.717, 1.165) is 18.8 Å². The Morgan fingerprint density at radius 3 is 2.07 bits per heavy atom. The summed E-state index contributed by atoms with van der Waals surface area (Å²) in [6, 6.07) is 12.1. The van der Waals surface area contributed by atoms with Crippen LogP contribution in [0.25, 0.3) is 0 Å². The Labute approximate surface area is 178 Å². The minimum absolute atomic E-state index is 0.181. The van der Waals surface area contributed by atoms with E-state index in [9.17, 15) is 9.59 Å². The fourth-order valence-corrected chi connectivity index (χ4v) is 4.16. The van der Waals surface area contributed by atoms with Gasteiger partial charge in [-0.25, -0.2) is 4.90 Å². The standard InChI is InChI=1S/C20H18Cl3N3O2/c21-13-1-3-14(4-2-13)24-7-9-25(10-8-24)18-12-19(27)26(20(18)28)15-5-6-16(22)17(23)11-15/h1-6,11,18H,7-10,12H2/t18-/m0/s1. The number of carbonyl (C=O) groups is 2. The summed E-state index contributed by atoms with van der Waals surface area (Å²) in [7, 11) is 0. The molecule has 8 heteroatoms. The monoisotopic (exact) mass is 437 g/mol. The second-order valence-electron chi connectivity index (χ2n) is 6.89. The first-order valence-electron chi connectivity index (χ1n) is 9.00. The fourth-order valence-electron chi connectivity index (χ4n) is 3.74. The van der Waals surface area contributed by atoms with Crippen LogP contribution in [-0.4, -0.2) is 48.9 Å². The highest BCUT2D eigenvalue weighted by atomic mass is 35.5. The number of piperazine rings is 1. The molecule has 0 saturated carbocycles. The Bertz CT molecular complexity index is 911. The first kappa shape index (κ1) is 19.5. The van der Waals surface area contributed by atoms with Crippen LogP contribution in [0.5, 0.6) is 0 Å². The molecule has 0 N–H and O–H groups in total. The van der Waals surface area contributed by atoms with E-state index in [1.165, 1.54) is 4.90 Å². The van der Waals surface area contributed by atoms with Gasteiger partial charge in [-0.05, 0) is 42.5 Å². The third-order valence-electron chi connectivity index (χ3n) is 5.23. The van der Waals surface area contributed by atoms with Crippen molar-refractivity contribution in [3.63, 3.8) is 0 Å². The van der Waals surface area contributed by atoms with Gasteiger partial charge in [-0.3, -0.25) is 14.5 Å². The number of nitrogens with zero attached hydrogens (tertiary/aromatic N) is 3. The topological polar surface area (TPSA) is 43.9 Å². The molecule has 0 unspecified atom stereocenters. The van der Waals surface area contributed by atoms with Gasteiger partial charge >= 0.3 is 0 Å². The molecule has 5 nitrogen and oxygen atoms in total. The lowest BCUT2D eigenvalue weighted by molar-refractivity contribution is -0.123. The largest absolute Gasteiger partial charge is 0.369 e. The number of halogens is 3. The third-order valence-corrected chi connectivity index (χ3v) is 6.22. The molecular formula is C20H18Cl3N3O2. The number of imide groups is 1. The van der Waals surface area contributed by atoms with Crippen molar-refractivity contribution in [1.82, 2.24) is 4.90 Å². The molecule has 0 aliphatic carbocycles. The van der Waals surface area contributed by atoms with Crippen LogP contribution >= 0.6 is 34.8 Å². The maximum atomic E-state index is 13.0. The highest BCUT2D eigenvalue weighted by Crippen LogP contribution is 2.31. The summed E-state index contributed by atoms with van der Waals surface area (Å²) in [5, 5.41) is 1.42. The van der Waals surface area contributed by atoms with Gasteiger partial charge in [-0.15, -0.1) is 0 Å². The molecule has 2 heterocycles. The molecule has 2 fully saturated rings. The molecule has 2 aliphatic rings. The summed E-state index contributed by atoms with van der Waals surface area (Å²) in [5.41, 5.74) is 1.57. The normalized spacial score (nSPS) is 20.9. The number of amides is 2. The lowest BCUT2D eigenvalue weighted by atomic mass is 10.1. The molecule has 28 heavy (non-hydrogen) atoms. The van der Waals surface area contributed by atoms with E-state index >= 15 is 0 Å². The predicted molar refractivity (Wildman–Crippen MR) is 113 cm³/mol. The number of benzene rings is 2. The third kappa shape index (κ3) is 3.72. The molecule has 0 spiro atoms. The molecule has 2 amide bonds. The molecule has 0 aromatic heterocycles. The van der Waals surface area contributed by atoms with Gasteiger partial charge in [0.1, 0.15) is 0 Å². The summed E-state index contributed by atoms with van der Waals surface area (Å²) < 4.78 is 0. The lowest BCUT2D eigenvalue weighted by Gasteiger charge is -2.38. The van der Waals surface area contributed by atoms with Crippen molar-refractivity contribution in [2.45, 2.75) is 12.5 Å². The summed E-state index contributed by atoms with van der Waals surface area (Å²) in [4.78, 5) is 31.1. The summed E-state index contributed by atoms with van der Waals surface area (Å²) in [6.45, 7) is 2.99. The molecule has 2 aromatic carbocycles. The highest BCUT2D eigenvalue weighted by molar-refractivity contribution is 6.42. The lowest BCUT2D eigenvalue weighted by Crippen LogP contribution is -2.52. The number of hydrogen-bond donors (Lipinski definition) is 0. The van der Waals surface area contributed by atoms with Crippen LogP contribution in [0, 0.1) is 0 Å². The first-order chi connectivity index (χ1) is 13.4. The summed E-state index contributed by atoms with van der Waals surface area (Å²) >= 11 is 17.9. The Morgan fingerprint density at radius 1 is 0.786 bits per heavy atom. The first-order valence-corrected chi connectivity index (χ1v) is 10.1. The van der Waals surface area contributed by atoms with Gasteiger partial charge in [0.25, 0.3) is 5.91 Å². The van der Waals surface area contributed by atoms with Gasteiger partial charge in [0.15, 0.2) is 0 Å². The molecule has 2 aromatic rings. The second kappa shape index (κ2) is 7.91. The van der Waals surface area contributed by atoms with Gasteiger partial charge < -0.3 is 4.90 Å². The van der Waals surface area contributed by atoms with Crippen molar-refractivity contribution >= 4 is 58.0 Å². The van der Waals surface area contributed by atoms with Crippen LogP contribution in [0.1, 0.15) is 6.42 Å². The SMILES string of the molecule is O=C1C[C@H](N2CCN(c3ccc(Cl)cc3)CC2)C(=O)N1c1ccc(Cl)c(Cl)c1. The maximum Gasteiger partial charge on any atom is 0.251 e. The van der Waals surface area contributed by atoms with Crippen LogP contribution < -0.4 is 9.80 Å². The zero-order chi connectivity index (χ0) is 19.8. The average molecular weight is 439 g/mol. The molecule has 0 radical (unpaired) electrons. The van der Waals surface area contributed by atoms with Gasteiger partial charge in [0, 0.05) is 36.9 Å². The summed E-state index contributed by atoms with van der Waals surface area (Å²) in [5.74, 6) is -0.420. The molecule has 2 saturated heterocycles. The summed E-state index contributed by atoms with van der Waals surface area (Å²) in [6.07, 6.45) is 0.181. The maximum absolute atomic E-state index is 13.0. The van der Waals surface area contributed by atoms with Crippen LogP contribution in [0.3, 0.4) is 0 Å². The van der Waals surface area contributed by atoms with E-state index in [4.69, 9.17) is 34.8 Å². The Balaban J connectivity index is 1.44. The van der Waals surface area contributed by atoms with E-state index in [1.54, 1.807) is 18.2 Å². The van der Waals surface area contributed by atoms with E-state index in [-0.39, 0.29) is 18.2 Å². The average Bonchev–Trinajstić information content (AvgIpc) is 2.99. The van der Waals surface area contributed by atoms with Crippen molar-refractivity contribution in [2.75, 3.05) is 36.0 Å². The Kier molecular flexibility index (Phi) is 5.52. The minimum Gasteiger partial charge on any atom is -0.369 e. The predicted octanol–water partition coefficient (Wildman–Crippen LogP) is 4.10. The molecule has 146 valence electrons. The molecule has 1 atom stereocenters. The number of rotatable bonds is 3. The smallest absolute Gasteiger partial charge is 0.251 e. The van der Waals surface area contributed by atoms with Gasteiger partial charge in [-0.1, -0.05) is 34.8 Å². The number of carbonyl (C=O) groups excluding carboxylic acids is 2. The second-order valence-corrected chi connectivity index (χ2v) is 8.14. The van der Waals surface area contributed by atoms with E-state index in [2.05, 4.69) is 9.80 Å². The zero-order valence-electron chi connectivity index (χ0n) is 14.9. The van der Waals surface area contributed by atoms with Gasteiger partial charge in [0.2, 0.25) is 5.91 Å². The van der Waals surface area contributed by atoms with Crippen molar-refractivity contribution in [3.8, 4) is 0 Å². The van der Waals surface area contributed by atoms with Crippen LogP contribution in [0.15, 0.2) is 42.5 Å². The van der Waals surface area contributed by atoms with E-state index in [1.807, 2.05) is 24.3 Å². The minimum atomic E-state index is -0.436.